The number of hydrogen-bond acceptors (Lipinski definition) is 8. The molecule has 2 N–H and O–H groups in total. The number of carbonyl (C=O) groups is 2. The van der Waals surface area contributed by atoms with Gasteiger partial charge < -0.3 is 15.5 Å². The third kappa shape index (κ3) is 5.83. The van der Waals surface area contributed by atoms with Crippen molar-refractivity contribution < 1.29 is 18.0 Å². The number of aromatic nitrogens is 2. The number of pyridine rings is 2. The second-order valence-electron chi connectivity index (χ2n) is 8.37. The van der Waals surface area contributed by atoms with Gasteiger partial charge in [0.05, 0.1) is 16.1 Å². The number of likely N-dealkylation sites (tertiary alicyclic amines) is 1. The van der Waals surface area contributed by atoms with Crippen LogP contribution in [-0.4, -0.2) is 54.3 Å². The third-order valence-corrected chi connectivity index (χ3v) is 6.85. The van der Waals surface area contributed by atoms with E-state index in [2.05, 4.69) is 20.6 Å². The summed E-state index contributed by atoms with van der Waals surface area (Å²) >= 11 is 0. The number of rotatable bonds is 8. The van der Waals surface area contributed by atoms with Crippen molar-refractivity contribution in [3.8, 4) is 0 Å². The topological polar surface area (TPSA) is 121 Å². The quantitative estimate of drug-likeness (QED) is 0.448. The fourth-order valence-electron chi connectivity index (χ4n) is 3.80. The van der Waals surface area contributed by atoms with Crippen molar-refractivity contribution in [3.63, 3.8) is 0 Å². The molecule has 0 radical (unpaired) electrons. The summed E-state index contributed by atoms with van der Waals surface area (Å²) in [5.41, 5.74) is 2.35. The first-order chi connectivity index (χ1) is 16.7. The molecule has 182 valence electrons. The maximum Gasteiger partial charge on any atom is 0.253 e. The third-order valence-electron chi connectivity index (χ3n) is 5.75. The number of ketones is 1. The Bertz CT molecular complexity index is 1330. The number of nitrogens with one attached hydrogen (secondary N) is 2. The minimum Gasteiger partial charge on any atom is -0.355 e. The number of sulfone groups is 1. The molecule has 0 atom stereocenters. The van der Waals surface area contributed by atoms with Crippen molar-refractivity contribution in [1.82, 2.24) is 14.9 Å². The van der Waals surface area contributed by atoms with Gasteiger partial charge in [0.25, 0.3) is 5.91 Å². The van der Waals surface area contributed by atoms with Gasteiger partial charge in [0.15, 0.2) is 15.6 Å². The van der Waals surface area contributed by atoms with E-state index in [0.717, 1.165) is 37.9 Å². The molecule has 0 saturated carbocycles. The standard InChI is InChI=1S/C25H27N5O4S/c1-3-22(31)20-16-27-24(29-23-11-10-19(15-26-23)35(2,33)34)14-21(20)28-18-8-6-17(7-9-18)25(32)30-12-4-5-13-30/h6-11,14-16H,3-5,12-13H2,1-2H3,(H2,26,27,28,29). The molecule has 1 amide bonds. The molecule has 1 aliphatic heterocycles. The van der Waals surface area contributed by atoms with E-state index in [0.29, 0.717) is 34.9 Å². The zero-order valence-electron chi connectivity index (χ0n) is 19.6. The lowest BCUT2D eigenvalue weighted by molar-refractivity contribution is 0.0792. The number of amides is 1. The molecule has 9 nitrogen and oxygen atoms in total. The highest BCUT2D eigenvalue weighted by atomic mass is 32.2. The zero-order chi connectivity index (χ0) is 25.0. The van der Waals surface area contributed by atoms with Gasteiger partial charge in [0.1, 0.15) is 11.6 Å². The molecule has 1 saturated heterocycles. The summed E-state index contributed by atoms with van der Waals surface area (Å²) in [7, 11) is -3.34. The van der Waals surface area contributed by atoms with E-state index in [4.69, 9.17) is 0 Å². The van der Waals surface area contributed by atoms with Gasteiger partial charge in [-0.15, -0.1) is 0 Å². The highest BCUT2D eigenvalue weighted by Crippen LogP contribution is 2.26. The molecule has 3 aromatic rings. The molecule has 1 aromatic carbocycles. The number of benzene rings is 1. The van der Waals surface area contributed by atoms with Crippen LogP contribution in [0.3, 0.4) is 0 Å². The highest BCUT2D eigenvalue weighted by molar-refractivity contribution is 7.90. The average Bonchev–Trinajstić information content (AvgIpc) is 3.39. The molecule has 35 heavy (non-hydrogen) atoms. The molecule has 4 rings (SSSR count). The van der Waals surface area contributed by atoms with Crippen molar-refractivity contribution >= 4 is 44.5 Å². The summed E-state index contributed by atoms with van der Waals surface area (Å²) in [4.78, 5) is 35.5. The predicted molar refractivity (Wildman–Crippen MR) is 134 cm³/mol. The van der Waals surface area contributed by atoms with Gasteiger partial charge in [-0.2, -0.15) is 0 Å². The number of nitrogens with zero attached hydrogens (tertiary/aromatic N) is 3. The van der Waals surface area contributed by atoms with Crippen LogP contribution in [0.25, 0.3) is 0 Å². The smallest absolute Gasteiger partial charge is 0.253 e. The van der Waals surface area contributed by atoms with E-state index < -0.39 is 9.84 Å². The molecule has 3 heterocycles. The lowest BCUT2D eigenvalue weighted by atomic mass is 10.1. The zero-order valence-corrected chi connectivity index (χ0v) is 20.4. The van der Waals surface area contributed by atoms with Gasteiger partial charge in [-0.25, -0.2) is 18.4 Å². The Hall–Kier alpha value is -3.79. The van der Waals surface area contributed by atoms with Crippen LogP contribution >= 0.6 is 0 Å². The summed E-state index contributed by atoms with van der Waals surface area (Å²) in [6.07, 6.45) is 6.28. The molecule has 0 spiro atoms. The van der Waals surface area contributed by atoms with Gasteiger partial charge >= 0.3 is 0 Å². The minimum atomic E-state index is -3.34. The summed E-state index contributed by atoms with van der Waals surface area (Å²) in [6, 6.07) is 11.9. The molecule has 0 bridgehead atoms. The molecule has 10 heteroatoms. The molecular weight excluding hydrogens is 466 g/mol. The maximum atomic E-state index is 12.6. The Morgan fingerprint density at radius 3 is 2.23 bits per heavy atom. The van der Waals surface area contributed by atoms with Gasteiger partial charge in [0, 0.05) is 55.5 Å². The second-order valence-corrected chi connectivity index (χ2v) is 10.4. The fraction of sp³-hybridized carbons (Fsp3) is 0.280. The van der Waals surface area contributed by atoms with E-state index in [9.17, 15) is 18.0 Å². The second kappa shape index (κ2) is 10.2. The van der Waals surface area contributed by atoms with Crippen LogP contribution in [0.4, 0.5) is 23.0 Å². The van der Waals surface area contributed by atoms with Crippen molar-refractivity contribution in [3.05, 3.63) is 66.0 Å². The highest BCUT2D eigenvalue weighted by Gasteiger charge is 2.19. The number of anilines is 4. The van der Waals surface area contributed by atoms with Crippen LogP contribution in [0.1, 0.15) is 46.9 Å². The summed E-state index contributed by atoms with van der Waals surface area (Å²) in [5.74, 6) is 0.805. The maximum absolute atomic E-state index is 12.6. The lowest BCUT2D eigenvalue weighted by Crippen LogP contribution is -2.27. The largest absolute Gasteiger partial charge is 0.355 e. The van der Waals surface area contributed by atoms with Crippen molar-refractivity contribution in [2.75, 3.05) is 30.0 Å². The average molecular weight is 494 g/mol. The normalized spacial score (nSPS) is 13.5. The monoisotopic (exact) mass is 493 g/mol. The Morgan fingerprint density at radius 1 is 0.943 bits per heavy atom. The summed E-state index contributed by atoms with van der Waals surface area (Å²) < 4.78 is 23.3. The number of Topliss-reactive ketones (excluding diaryl/α,β-unsaturated/α-hetero) is 1. The molecule has 0 aliphatic carbocycles. The summed E-state index contributed by atoms with van der Waals surface area (Å²) in [5, 5.41) is 6.28. The first kappa shape index (κ1) is 24.3. The SMILES string of the molecule is CCC(=O)c1cnc(Nc2ccc(S(C)(=O)=O)cn2)cc1Nc1ccc(C(=O)N2CCCC2)cc1. The number of hydrogen-bond donors (Lipinski definition) is 2. The van der Waals surface area contributed by atoms with Crippen LogP contribution in [0, 0.1) is 0 Å². The fourth-order valence-corrected chi connectivity index (χ4v) is 4.36. The van der Waals surface area contributed by atoms with E-state index >= 15 is 0 Å². The molecule has 1 aliphatic rings. The van der Waals surface area contributed by atoms with Crippen molar-refractivity contribution in [2.24, 2.45) is 0 Å². The van der Waals surface area contributed by atoms with Crippen LogP contribution in [0.15, 0.2) is 59.8 Å². The van der Waals surface area contributed by atoms with Crippen LogP contribution in [-0.2, 0) is 9.84 Å². The van der Waals surface area contributed by atoms with Gasteiger partial charge in [-0.1, -0.05) is 6.92 Å². The van der Waals surface area contributed by atoms with Crippen LogP contribution < -0.4 is 10.6 Å². The van der Waals surface area contributed by atoms with Crippen LogP contribution in [0.2, 0.25) is 0 Å². The van der Waals surface area contributed by atoms with E-state index in [1.807, 2.05) is 17.0 Å². The van der Waals surface area contributed by atoms with E-state index in [-0.39, 0.29) is 16.6 Å². The first-order valence-corrected chi connectivity index (χ1v) is 13.3. The van der Waals surface area contributed by atoms with Crippen molar-refractivity contribution in [2.45, 2.75) is 31.1 Å². The van der Waals surface area contributed by atoms with Crippen molar-refractivity contribution in [1.29, 1.82) is 0 Å². The first-order valence-electron chi connectivity index (χ1n) is 11.4. The van der Waals surface area contributed by atoms with Crippen LogP contribution in [0.5, 0.6) is 0 Å². The molecule has 0 unspecified atom stereocenters. The van der Waals surface area contributed by atoms with Gasteiger partial charge in [-0.3, -0.25) is 9.59 Å². The molecule has 1 fully saturated rings. The Labute approximate surface area is 204 Å². The summed E-state index contributed by atoms with van der Waals surface area (Å²) in [6.45, 7) is 3.37. The van der Waals surface area contributed by atoms with Gasteiger partial charge in [-0.05, 0) is 49.2 Å². The predicted octanol–water partition coefficient (Wildman–Crippen LogP) is 4.20. The minimum absolute atomic E-state index is 0.0284. The van der Waals surface area contributed by atoms with E-state index in [1.165, 1.54) is 18.5 Å². The Balaban J connectivity index is 1.55. The Morgan fingerprint density at radius 2 is 1.63 bits per heavy atom. The molecular formula is C25H27N5O4S. The Kier molecular flexibility index (Phi) is 7.11. The van der Waals surface area contributed by atoms with Gasteiger partial charge in [0.2, 0.25) is 0 Å². The van der Waals surface area contributed by atoms with E-state index in [1.54, 1.807) is 31.2 Å². The molecule has 2 aromatic heterocycles. The number of carbonyl (C=O) groups excluding carboxylic acids is 2. The lowest BCUT2D eigenvalue weighted by Gasteiger charge is -2.16.